The second-order valence-corrected chi connectivity index (χ2v) is 10.7. The summed E-state index contributed by atoms with van der Waals surface area (Å²) in [6.45, 7) is 8.80. The molecule has 0 bridgehead atoms. The number of piperazine rings is 1. The number of thioether (sulfide) groups is 1. The Bertz CT molecular complexity index is 1110. The third-order valence-electron chi connectivity index (χ3n) is 6.66. The fourth-order valence-electron chi connectivity index (χ4n) is 4.71. The van der Waals surface area contributed by atoms with Crippen LogP contribution in [0.15, 0.2) is 9.70 Å². The molecule has 0 aromatic carbocycles. The van der Waals surface area contributed by atoms with Gasteiger partial charge in [-0.25, -0.2) is 0 Å². The first-order valence-electron chi connectivity index (χ1n) is 11.8. The van der Waals surface area contributed by atoms with E-state index in [1.807, 2.05) is 13.0 Å². The van der Waals surface area contributed by atoms with Crippen LogP contribution in [-0.2, 0) is 16.1 Å². The van der Waals surface area contributed by atoms with Crippen molar-refractivity contribution < 1.29 is 9.53 Å². The molecule has 10 heteroatoms. The molecule has 1 aromatic rings. The topological polar surface area (TPSA) is 81.8 Å². The van der Waals surface area contributed by atoms with E-state index in [-0.39, 0.29) is 23.1 Å². The summed E-state index contributed by atoms with van der Waals surface area (Å²) in [4.78, 5) is 33.2. The minimum Gasteiger partial charge on any atom is -0.376 e. The van der Waals surface area contributed by atoms with Gasteiger partial charge in [-0.05, 0) is 44.9 Å². The van der Waals surface area contributed by atoms with Crippen LogP contribution in [0.3, 0.4) is 0 Å². The molecule has 4 rings (SSSR count). The SMILES string of the molecule is CCCn1c(N2CCN(C)CC2)c(/C=C2/SC(=S)N(CC3CCCO3)C2=O)c(C)c(C#N)c1=O. The van der Waals surface area contributed by atoms with Crippen LogP contribution in [0, 0.1) is 18.3 Å². The highest BCUT2D eigenvalue weighted by Crippen LogP contribution is 2.36. The number of aromatic nitrogens is 1. The quantitative estimate of drug-likeness (QED) is 0.435. The molecule has 1 amide bonds. The van der Waals surface area contributed by atoms with Crippen molar-refractivity contribution in [1.29, 1.82) is 5.26 Å². The second kappa shape index (κ2) is 10.6. The summed E-state index contributed by atoms with van der Waals surface area (Å²) in [5.74, 6) is 0.654. The Morgan fingerprint density at radius 1 is 1.26 bits per heavy atom. The number of pyridine rings is 1. The summed E-state index contributed by atoms with van der Waals surface area (Å²) in [6.07, 6.45) is 4.54. The predicted molar refractivity (Wildman–Crippen MR) is 139 cm³/mol. The molecule has 0 aliphatic carbocycles. The van der Waals surface area contributed by atoms with Gasteiger partial charge in [0.2, 0.25) is 0 Å². The first kappa shape index (κ1) is 24.9. The van der Waals surface area contributed by atoms with Gasteiger partial charge in [-0.2, -0.15) is 5.26 Å². The van der Waals surface area contributed by atoms with E-state index in [1.165, 1.54) is 11.8 Å². The fraction of sp³-hybridized carbons (Fsp3) is 0.583. The number of nitrogens with zero attached hydrogens (tertiary/aromatic N) is 5. The number of amides is 1. The molecule has 1 aromatic heterocycles. The maximum absolute atomic E-state index is 13.3. The minimum atomic E-state index is -0.265. The number of nitriles is 1. The number of ether oxygens (including phenoxy) is 1. The predicted octanol–water partition coefficient (Wildman–Crippen LogP) is 2.57. The van der Waals surface area contributed by atoms with Crippen molar-refractivity contribution in [2.75, 3.05) is 51.3 Å². The van der Waals surface area contributed by atoms with Crippen molar-refractivity contribution in [1.82, 2.24) is 14.4 Å². The molecule has 1 atom stereocenters. The number of hydrogen-bond donors (Lipinski definition) is 0. The van der Waals surface area contributed by atoms with E-state index >= 15 is 0 Å². The zero-order valence-electron chi connectivity index (χ0n) is 20.0. The van der Waals surface area contributed by atoms with Crippen LogP contribution in [0.1, 0.15) is 42.9 Å². The summed E-state index contributed by atoms with van der Waals surface area (Å²) < 4.78 is 7.95. The molecule has 8 nitrogen and oxygen atoms in total. The van der Waals surface area contributed by atoms with Gasteiger partial charge in [-0.3, -0.25) is 19.1 Å². The van der Waals surface area contributed by atoms with Gasteiger partial charge < -0.3 is 14.5 Å². The molecule has 34 heavy (non-hydrogen) atoms. The summed E-state index contributed by atoms with van der Waals surface area (Å²) in [5.41, 5.74) is 1.23. The van der Waals surface area contributed by atoms with E-state index in [1.54, 1.807) is 16.4 Å². The Morgan fingerprint density at radius 2 is 2.00 bits per heavy atom. The number of thiocarbonyl (C=S) groups is 1. The van der Waals surface area contributed by atoms with Crippen molar-refractivity contribution in [3.63, 3.8) is 0 Å². The molecule has 0 N–H and O–H groups in total. The zero-order chi connectivity index (χ0) is 24.4. The summed E-state index contributed by atoms with van der Waals surface area (Å²) in [5, 5.41) is 9.79. The Balaban J connectivity index is 1.80. The normalized spacial score (nSPS) is 22.8. The average Bonchev–Trinajstić information content (AvgIpc) is 3.42. The summed E-state index contributed by atoms with van der Waals surface area (Å²) >= 11 is 6.81. The lowest BCUT2D eigenvalue weighted by atomic mass is 10.0. The Kier molecular flexibility index (Phi) is 7.77. The van der Waals surface area contributed by atoms with Crippen LogP contribution in [-0.4, -0.2) is 77.1 Å². The number of rotatable bonds is 6. The van der Waals surface area contributed by atoms with Gasteiger partial charge in [0, 0.05) is 44.9 Å². The maximum atomic E-state index is 13.3. The molecular formula is C24H31N5O3S2. The van der Waals surface area contributed by atoms with Gasteiger partial charge in [-0.1, -0.05) is 30.9 Å². The van der Waals surface area contributed by atoms with E-state index < -0.39 is 0 Å². The summed E-state index contributed by atoms with van der Waals surface area (Å²) in [6, 6.07) is 2.11. The first-order chi connectivity index (χ1) is 16.3. The van der Waals surface area contributed by atoms with E-state index in [9.17, 15) is 14.9 Å². The van der Waals surface area contributed by atoms with Crippen LogP contribution < -0.4 is 10.5 Å². The van der Waals surface area contributed by atoms with Gasteiger partial charge in [-0.15, -0.1) is 0 Å². The Morgan fingerprint density at radius 3 is 2.62 bits per heavy atom. The van der Waals surface area contributed by atoms with Crippen molar-refractivity contribution in [2.24, 2.45) is 0 Å². The van der Waals surface area contributed by atoms with Crippen LogP contribution in [0.2, 0.25) is 0 Å². The Hall–Kier alpha value is -2.19. The third kappa shape index (κ3) is 4.80. The monoisotopic (exact) mass is 501 g/mol. The van der Waals surface area contributed by atoms with Gasteiger partial charge >= 0.3 is 0 Å². The number of carbonyl (C=O) groups excluding carboxylic acids is 1. The number of hydrogen-bond acceptors (Lipinski definition) is 8. The van der Waals surface area contributed by atoms with Crippen LogP contribution >= 0.6 is 24.0 Å². The molecular weight excluding hydrogens is 470 g/mol. The molecule has 1 unspecified atom stereocenters. The van der Waals surface area contributed by atoms with Crippen LogP contribution in [0.25, 0.3) is 6.08 Å². The molecule has 3 fully saturated rings. The molecule has 4 heterocycles. The highest BCUT2D eigenvalue weighted by molar-refractivity contribution is 8.26. The summed E-state index contributed by atoms with van der Waals surface area (Å²) in [7, 11) is 2.08. The van der Waals surface area contributed by atoms with E-state index in [0.717, 1.165) is 63.4 Å². The van der Waals surface area contributed by atoms with E-state index in [0.29, 0.717) is 27.9 Å². The minimum absolute atomic E-state index is 0.0149. The zero-order valence-corrected chi connectivity index (χ0v) is 21.6. The number of likely N-dealkylation sites (N-methyl/N-ethyl adjacent to an activating group) is 1. The standard InChI is InChI=1S/C24H31N5O3S2/c1-4-7-28-21(27-10-8-26(3)9-11-27)18(16(2)19(14-25)22(28)30)13-20-23(31)29(24(33)34-20)15-17-6-5-12-32-17/h13,17H,4-12,15H2,1-3H3/b20-13+. The lowest BCUT2D eigenvalue weighted by molar-refractivity contribution is -0.123. The largest absolute Gasteiger partial charge is 0.376 e. The molecule has 0 spiro atoms. The maximum Gasteiger partial charge on any atom is 0.270 e. The molecule has 3 aliphatic heterocycles. The van der Waals surface area contributed by atoms with E-state index in [4.69, 9.17) is 17.0 Å². The molecule has 3 aliphatic rings. The van der Waals surface area contributed by atoms with Gasteiger partial charge in [0.15, 0.2) is 0 Å². The highest BCUT2D eigenvalue weighted by atomic mass is 32.2. The van der Waals surface area contributed by atoms with Crippen LogP contribution in [0.4, 0.5) is 5.82 Å². The van der Waals surface area contributed by atoms with E-state index in [2.05, 4.69) is 22.9 Å². The van der Waals surface area contributed by atoms with Crippen molar-refractivity contribution >= 4 is 46.1 Å². The molecule has 0 saturated carbocycles. The highest BCUT2D eigenvalue weighted by Gasteiger charge is 2.35. The lowest BCUT2D eigenvalue weighted by Crippen LogP contribution is -2.47. The first-order valence-corrected chi connectivity index (χ1v) is 13.1. The number of carbonyl (C=O) groups is 1. The van der Waals surface area contributed by atoms with Crippen molar-refractivity contribution in [3.05, 3.63) is 31.9 Å². The van der Waals surface area contributed by atoms with Gasteiger partial charge in [0.1, 0.15) is 21.8 Å². The molecule has 182 valence electrons. The average molecular weight is 502 g/mol. The van der Waals surface area contributed by atoms with Crippen molar-refractivity contribution in [3.8, 4) is 6.07 Å². The third-order valence-corrected chi connectivity index (χ3v) is 8.03. The number of anilines is 1. The Labute approximate surface area is 210 Å². The molecule has 3 saturated heterocycles. The smallest absolute Gasteiger partial charge is 0.270 e. The van der Waals surface area contributed by atoms with Crippen molar-refractivity contribution in [2.45, 2.75) is 45.8 Å². The van der Waals surface area contributed by atoms with Gasteiger partial charge in [0.05, 0.1) is 17.6 Å². The van der Waals surface area contributed by atoms with Crippen LogP contribution in [0.5, 0.6) is 0 Å². The molecule has 0 radical (unpaired) electrons. The lowest BCUT2D eigenvalue weighted by Gasteiger charge is -2.36. The van der Waals surface area contributed by atoms with Gasteiger partial charge in [0.25, 0.3) is 11.5 Å². The fourth-order valence-corrected chi connectivity index (χ4v) is 5.97. The second-order valence-electron chi connectivity index (χ2n) is 9.02.